The Kier molecular flexibility index (Phi) is 5.84. The van der Waals surface area contributed by atoms with Gasteiger partial charge in [0.05, 0.1) is 0 Å². The molecule has 0 aromatic carbocycles. The van der Waals surface area contributed by atoms with Gasteiger partial charge in [0.25, 0.3) is 0 Å². The van der Waals surface area contributed by atoms with Crippen molar-refractivity contribution in [3.8, 4) is 0 Å². The number of nitrogens with one attached hydrogen (secondary N) is 1. The van der Waals surface area contributed by atoms with Crippen LogP contribution in [-0.2, 0) is 4.79 Å². The van der Waals surface area contributed by atoms with Gasteiger partial charge in [-0.1, -0.05) is 0 Å². The highest BCUT2D eigenvalue weighted by molar-refractivity contribution is 5.75. The highest BCUT2D eigenvalue weighted by atomic mass is 16.2. The molecule has 3 heteroatoms. The average Bonchev–Trinajstić information content (AvgIpc) is 1.97. The monoisotopic (exact) mass is 158 g/mol. The summed E-state index contributed by atoms with van der Waals surface area (Å²) in [5, 5.41) is 3.05. The molecule has 0 unspecified atom stereocenters. The summed E-state index contributed by atoms with van der Waals surface area (Å²) in [6.45, 7) is 1.00. The van der Waals surface area contributed by atoms with Crippen LogP contribution in [0.2, 0.25) is 0 Å². The van der Waals surface area contributed by atoms with Gasteiger partial charge >= 0.3 is 0 Å². The molecule has 0 aliphatic rings. The predicted molar refractivity (Wildman–Crippen MR) is 46.5 cm³/mol. The highest BCUT2D eigenvalue weighted by Gasteiger charge is 2.01. The summed E-state index contributed by atoms with van der Waals surface area (Å²) in [6.07, 6.45) is 2.74. The van der Waals surface area contributed by atoms with Gasteiger partial charge in [-0.3, -0.25) is 4.79 Å². The normalized spacial score (nSPS) is 9.73. The Labute approximate surface area is 68.8 Å². The Hall–Kier alpha value is -0.570. The van der Waals surface area contributed by atoms with Gasteiger partial charge in [-0.15, -0.1) is 0 Å². The van der Waals surface area contributed by atoms with E-state index in [1.54, 1.807) is 19.0 Å². The van der Waals surface area contributed by atoms with Gasteiger partial charge < -0.3 is 10.2 Å². The smallest absolute Gasteiger partial charge is 0.222 e. The zero-order chi connectivity index (χ0) is 8.69. The van der Waals surface area contributed by atoms with Crippen LogP contribution >= 0.6 is 0 Å². The minimum absolute atomic E-state index is 0.223. The van der Waals surface area contributed by atoms with Gasteiger partial charge in [0.1, 0.15) is 0 Å². The van der Waals surface area contributed by atoms with Crippen LogP contribution in [0.5, 0.6) is 0 Å². The Morgan fingerprint density at radius 1 is 1.36 bits per heavy atom. The lowest BCUT2D eigenvalue weighted by atomic mass is 10.2. The standard InChI is InChI=1S/C8H18N2O/c1-9-7-5-4-6-8(11)10(2)3/h9H,4-7H2,1-3H3. The molecule has 0 heterocycles. The Morgan fingerprint density at radius 2 is 2.00 bits per heavy atom. The number of amides is 1. The predicted octanol–water partition coefficient (Wildman–Crippen LogP) is 0.464. The molecule has 3 nitrogen and oxygen atoms in total. The van der Waals surface area contributed by atoms with Crippen molar-refractivity contribution < 1.29 is 4.79 Å². The molecule has 0 aromatic heterocycles. The van der Waals surface area contributed by atoms with Crippen LogP contribution in [0.25, 0.3) is 0 Å². The van der Waals surface area contributed by atoms with Crippen LogP contribution in [0.4, 0.5) is 0 Å². The van der Waals surface area contributed by atoms with Crippen LogP contribution < -0.4 is 5.32 Å². The fraction of sp³-hybridized carbons (Fsp3) is 0.875. The van der Waals surface area contributed by atoms with Crippen LogP contribution in [0.1, 0.15) is 19.3 Å². The van der Waals surface area contributed by atoms with E-state index in [4.69, 9.17) is 0 Å². The first kappa shape index (κ1) is 10.4. The summed E-state index contributed by atoms with van der Waals surface area (Å²) in [6, 6.07) is 0. The van der Waals surface area contributed by atoms with Crippen molar-refractivity contribution >= 4 is 5.91 Å². The summed E-state index contributed by atoms with van der Waals surface area (Å²) in [7, 11) is 5.51. The maximum absolute atomic E-state index is 11.0. The Balaban J connectivity index is 3.18. The summed E-state index contributed by atoms with van der Waals surface area (Å²) >= 11 is 0. The zero-order valence-electron chi connectivity index (χ0n) is 7.68. The van der Waals surface area contributed by atoms with Gasteiger partial charge in [-0.2, -0.15) is 0 Å². The van der Waals surface area contributed by atoms with Crippen LogP contribution in [-0.4, -0.2) is 38.5 Å². The largest absolute Gasteiger partial charge is 0.349 e. The third-order valence-electron chi connectivity index (χ3n) is 1.57. The summed E-state index contributed by atoms with van der Waals surface area (Å²) < 4.78 is 0. The van der Waals surface area contributed by atoms with Crippen molar-refractivity contribution in [3.05, 3.63) is 0 Å². The van der Waals surface area contributed by atoms with E-state index in [0.717, 1.165) is 19.4 Å². The lowest BCUT2D eigenvalue weighted by Gasteiger charge is -2.09. The molecule has 0 bridgehead atoms. The highest BCUT2D eigenvalue weighted by Crippen LogP contribution is 1.96. The minimum atomic E-state index is 0.223. The Bertz CT molecular complexity index is 113. The number of hydrogen-bond donors (Lipinski definition) is 1. The van der Waals surface area contributed by atoms with Crippen LogP contribution in [0.15, 0.2) is 0 Å². The molecule has 0 spiro atoms. The van der Waals surface area contributed by atoms with Gasteiger partial charge in [-0.25, -0.2) is 0 Å². The molecule has 11 heavy (non-hydrogen) atoms. The molecule has 1 N–H and O–H groups in total. The third kappa shape index (κ3) is 5.85. The zero-order valence-corrected chi connectivity index (χ0v) is 7.68. The van der Waals surface area contributed by atoms with Crippen molar-refractivity contribution in [2.75, 3.05) is 27.7 Å². The maximum Gasteiger partial charge on any atom is 0.222 e. The number of nitrogens with zero attached hydrogens (tertiary/aromatic N) is 1. The number of hydrogen-bond acceptors (Lipinski definition) is 2. The van der Waals surface area contributed by atoms with Crippen molar-refractivity contribution in [2.45, 2.75) is 19.3 Å². The average molecular weight is 158 g/mol. The van der Waals surface area contributed by atoms with Crippen LogP contribution in [0, 0.1) is 0 Å². The van der Waals surface area contributed by atoms with Crippen molar-refractivity contribution in [1.82, 2.24) is 10.2 Å². The van der Waals surface area contributed by atoms with E-state index in [-0.39, 0.29) is 5.91 Å². The van der Waals surface area contributed by atoms with E-state index in [1.165, 1.54) is 0 Å². The number of unbranched alkanes of at least 4 members (excludes halogenated alkanes) is 1. The van der Waals surface area contributed by atoms with E-state index in [0.29, 0.717) is 6.42 Å². The molecular formula is C8H18N2O. The van der Waals surface area contributed by atoms with Gasteiger partial charge in [0.15, 0.2) is 0 Å². The summed E-state index contributed by atoms with van der Waals surface area (Å²) in [5.41, 5.74) is 0. The van der Waals surface area contributed by atoms with Crippen molar-refractivity contribution in [1.29, 1.82) is 0 Å². The SMILES string of the molecule is CNCCCCC(=O)N(C)C. The van der Waals surface area contributed by atoms with Crippen molar-refractivity contribution in [2.24, 2.45) is 0 Å². The first-order valence-corrected chi connectivity index (χ1v) is 4.03. The summed E-state index contributed by atoms with van der Waals surface area (Å²) in [5.74, 6) is 0.223. The molecule has 0 saturated heterocycles. The number of carbonyl (C=O) groups is 1. The van der Waals surface area contributed by atoms with Gasteiger partial charge in [0, 0.05) is 20.5 Å². The maximum atomic E-state index is 11.0. The van der Waals surface area contributed by atoms with Gasteiger partial charge in [0.2, 0.25) is 5.91 Å². The quantitative estimate of drug-likeness (QED) is 0.590. The fourth-order valence-electron chi connectivity index (χ4n) is 0.802. The molecule has 66 valence electrons. The van der Waals surface area contributed by atoms with Gasteiger partial charge in [-0.05, 0) is 26.4 Å². The van der Waals surface area contributed by atoms with E-state index in [9.17, 15) is 4.79 Å². The molecule has 0 atom stereocenters. The van der Waals surface area contributed by atoms with E-state index >= 15 is 0 Å². The van der Waals surface area contributed by atoms with E-state index in [1.807, 2.05) is 7.05 Å². The molecule has 0 aliphatic carbocycles. The lowest BCUT2D eigenvalue weighted by Crippen LogP contribution is -2.21. The van der Waals surface area contributed by atoms with Crippen LogP contribution in [0.3, 0.4) is 0 Å². The fourth-order valence-corrected chi connectivity index (χ4v) is 0.802. The molecule has 0 rings (SSSR count). The second-order valence-electron chi connectivity index (χ2n) is 2.85. The molecule has 0 aliphatic heterocycles. The minimum Gasteiger partial charge on any atom is -0.349 e. The third-order valence-corrected chi connectivity index (χ3v) is 1.57. The van der Waals surface area contributed by atoms with Crippen molar-refractivity contribution in [3.63, 3.8) is 0 Å². The molecular weight excluding hydrogens is 140 g/mol. The van der Waals surface area contributed by atoms with E-state index < -0.39 is 0 Å². The summed E-state index contributed by atoms with van der Waals surface area (Å²) in [4.78, 5) is 12.6. The number of rotatable bonds is 5. The molecule has 0 aromatic rings. The van der Waals surface area contributed by atoms with E-state index in [2.05, 4.69) is 5.32 Å². The topological polar surface area (TPSA) is 32.3 Å². The molecule has 0 radical (unpaired) electrons. The number of carbonyl (C=O) groups excluding carboxylic acids is 1. The lowest BCUT2D eigenvalue weighted by molar-refractivity contribution is -0.128. The molecule has 0 saturated carbocycles. The Morgan fingerprint density at radius 3 is 2.45 bits per heavy atom. The first-order valence-electron chi connectivity index (χ1n) is 4.03. The molecule has 0 fully saturated rings. The molecule has 1 amide bonds. The second-order valence-corrected chi connectivity index (χ2v) is 2.85. The second kappa shape index (κ2) is 6.16. The first-order chi connectivity index (χ1) is 5.18.